The lowest BCUT2D eigenvalue weighted by atomic mass is 9.88. The normalized spacial score (nSPS) is 15.7. The van der Waals surface area contributed by atoms with Crippen LogP contribution in [0, 0.1) is 0 Å². The summed E-state index contributed by atoms with van der Waals surface area (Å²) in [5, 5.41) is 1.79. The highest BCUT2D eigenvalue weighted by Crippen LogP contribution is 2.33. The van der Waals surface area contributed by atoms with Gasteiger partial charge in [0.1, 0.15) is 16.9 Å². The molecule has 1 amide bonds. The maximum Gasteiger partial charge on any atom is 0.253 e. The van der Waals surface area contributed by atoms with Crippen LogP contribution in [0.15, 0.2) is 54.7 Å². The smallest absolute Gasteiger partial charge is 0.253 e. The van der Waals surface area contributed by atoms with Crippen molar-refractivity contribution in [3.8, 4) is 5.75 Å². The van der Waals surface area contributed by atoms with Crippen LogP contribution in [0.3, 0.4) is 0 Å². The molecule has 2 heterocycles. The lowest BCUT2D eigenvalue weighted by Crippen LogP contribution is -2.44. The van der Waals surface area contributed by atoms with E-state index in [-0.39, 0.29) is 5.91 Å². The molecule has 2 aromatic carbocycles. The van der Waals surface area contributed by atoms with Crippen molar-refractivity contribution < 1.29 is 13.9 Å². The van der Waals surface area contributed by atoms with E-state index in [1.165, 1.54) is 0 Å². The Bertz CT molecular complexity index is 1090. The number of pyridine rings is 1. The van der Waals surface area contributed by atoms with Crippen LogP contribution in [0.1, 0.15) is 42.5 Å². The molecular formula is C25H25Cl2FN2O2. The highest BCUT2D eigenvalue weighted by Gasteiger charge is 2.35. The van der Waals surface area contributed by atoms with Crippen LogP contribution in [0.5, 0.6) is 5.75 Å². The number of benzene rings is 2. The Kier molecular flexibility index (Phi) is 7.17. The number of fused-ring (bicyclic) bond motifs is 1. The van der Waals surface area contributed by atoms with E-state index in [9.17, 15) is 4.79 Å². The number of unbranched alkanes of at least 4 members (excludes halogenated alkanes) is 1. The lowest BCUT2D eigenvalue weighted by Gasteiger charge is -2.36. The van der Waals surface area contributed by atoms with Gasteiger partial charge in [-0.05, 0) is 62.4 Å². The van der Waals surface area contributed by atoms with Gasteiger partial charge in [-0.25, -0.2) is 4.39 Å². The van der Waals surface area contributed by atoms with Crippen molar-refractivity contribution in [2.75, 3.05) is 19.7 Å². The number of halogens is 3. The number of amides is 1. The summed E-state index contributed by atoms with van der Waals surface area (Å²) in [6, 6.07) is 14.6. The summed E-state index contributed by atoms with van der Waals surface area (Å²) in [4.78, 5) is 18.8. The third kappa shape index (κ3) is 5.33. The zero-order chi connectivity index (χ0) is 22.6. The monoisotopic (exact) mass is 474 g/mol. The Balaban J connectivity index is 1.22. The third-order valence-electron chi connectivity index (χ3n) is 5.99. The molecule has 1 fully saturated rings. The van der Waals surface area contributed by atoms with Crippen molar-refractivity contribution in [3.05, 3.63) is 70.3 Å². The topological polar surface area (TPSA) is 42.4 Å². The van der Waals surface area contributed by atoms with Gasteiger partial charge >= 0.3 is 0 Å². The van der Waals surface area contributed by atoms with E-state index >= 15 is 4.39 Å². The number of ether oxygens (including phenoxy) is 1. The van der Waals surface area contributed by atoms with E-state index in [0.717, 1.165) is 29.5 Å². The van der Waals surface area contributed by atoms with Gasteiger partial charge in [0.15, 0.2) is 0 Å². The number of carbonyl (C=O) groups is 1. The Morgan fingerprint density at radius 2 is 1.84 bits per heavy atom. The first-order valence-electron chi connectivity index (χ1n) is 10.8. The van der Waals surface area contributed by atoms with Crippen LogP contribution < -0.4 is 4.74 Å². The second-order valence-corrected chi connectivity index (χ2v) is 9.02. The minimum absolute atomic E-state index is 0.136. The van der Waals surface area contributed by atoms with Gasteiger partial charge in [0.25, 0.3) is 5.91 Å². The Morgan fingerprint density at radius 1 is 1.06 bits per heavy atom. The number of aromatic nitrogens is 1. The fraction of sp³-hybridized carbons (Fsp3) is 0.360. The van der Waals surface area contributed by atoms with Crippen LogP contribution in [0.25, 0.3) is 10.9 Å². The van der Waals surface area contributed by atoms with Gasteiger partial charge in [0, 0.05) is 30.2 Å². The second kappa shape index (κ2) is 10.1. The molecule has 1 aromatic heterocycles. The molecule has 4 nitrogen and oxygen atoms in total. The van der Waals surface area contributed by atoms with E-state index < -0.39 is 5.67 Å². The first kappa shape index (κ1) is 22.8. The van der Waals surface area contributed by atoms with E-state index in [2.05, 4.69) is 4.98 Å². The van der Waals surface area contributed by atoms with E-state index in [4.69, 9.17) is 27.9 Å². The summed E-state index contributed by atoms with van der Waals surface area (Å²) in [5.74, 6) is 0.620. The van der Waals surface area contributed by atoms with Gasteiger partial charge in [-0.2, -0.15) is 0 Å². The number of alkyl halides is 1. The fourth-order valence-electron chi connectivity index (χ4n) is 4.09. The van der Waals surface area contributed by atoms with Crippen LogP contribution in [0.2, 0.25) is 10.0 Å². The molecule has 0 N–H and O–H groups in total. The zero-order valence-electron chi connectivity index (χ0n) is 17.7. The molecule has 4 rings (SSSR count). The predicted molar refractivity (Wildman–Crippen MR) is 127 cm³/mol. The number of hydrogen-bond acceptors (Lipinski definition) is 3. The number of rotatable bonds is 7. The molecular weight excluding hydrogens is 450 g/mol. The van der Waals surface area contributed by atoms with Crippen molar-refractivity contribution in [2.45, 2.75) is 37.8 Å². The first-order chi connectivity index (χ1) is 15.5. The molecule has 3 aromatic rings. The minimum Gasteiger partial charge on any atom is -0.491 e. The summed E-state index contributed by atoms with van der Waals surface area (Å²) in [5.41, 5.74) is 0.0805. The van der Waals surface area contributed by atoms with Crippen molar-refractivity contribution in [1.82, 2.24) is 9.88 Å². The minimum atomic E-state index is -1.24. The van der Waals surface area contributed by atoms with E-state index in [1.807, 2.05) is 30.3 Å². The molecule has 0 radical (unpaired) electrons. The maximum atomic E-state index is 15.3. The molecule has 7 heteroatoms. The Labute approximate surface area is 197 Å². The van der Waals surface area contributed by atoms with Crippen molar-refractivity contribution in [1.29, 1.82) is 0 Å². The fourth-order valence-corrected chi connectivity index (χ4v) is 4.39. The standard InChI is InChI=1S/C25H25Cl2FN2O2/c26-20-9-8-19(17-21(20)27)24(31)30-14-11-25(28,12-15-30)10-1-2-16-32-22-7-3-5-18-6-4-13-29-23(18)22/h3-9,13,17H,1-2,10-12,14-16H2. The average Bonchev–Trinajstić information content (AvgIpc) is 2.81. The summed E-state index contributed by atoms with van der Waals surface area (Å²) < 4.78 is 21.2. The average molecular weight is 475 g/mol. The van der Waals surface area contributed by atoms with Crippen LogP contribution >= 0.6 is 23.2 Å². The summed E-state index contributed by atoms with van der Waals surface area (Å²) in [6.45, 7) is 1.31. The van der Waals surface area contributed by atoms with Gasteiger partial charge < -0.3 is 9.64 Å². The second-order valence-electron chi connectivity index (χ2n) is 8.21. The van der Waals surface area contributed by atoms with Crippen LogP contribution in [-0.4, -0.2) is 41.2 Å². The van der Waals surface area contributed by atoms with Gasteiger partial charge in [0.2, 0.25) is 0 Å². The molecule has 32 heavy (non-hydrogen) atoms. The number of nitrogens with zero attached hydrogens (tertiary/aromatic N) is 2. The first-order valence-corrected chi connectivity index (χ1v) is 11.6. The Hall–Kier alpha value is -2.37. The molecule has 0 unspecified atom stereocenters. The van der Waals surface area contributed by atoms with Crippen LogP contribution in [0.4, 0.5) is 4.39 Å². The number of hydrogen-bond donors (Lipinski definition) is 0. The summed E-state index contributed by atoms with van der Waals surface area (Å²) >= 11 is 11.9. The number of carbonyl (C=O) groups excluding carboxylic acids is 1. The highest BCUT2D eigenvalue weighted by atomic mass is 35.5. The van der Waals surface area contributed by atoms with Crippen molar-refractivity contribution >= 4 is 40.0 Å². The molecule has 0 aliphatic carbocycles. The molecule has 1 aliphatic heterocycles. The molecule has 0 bridgehead atoms. The molecule has 1 saturated heterocycles. The molecule has 0 spiro atoms. The number of para-hydroxylation sites is 1. The van der Waals surface area contributed by atoms with Crippen molar-refractivity contribution in [3.63, 3.8) is 0 Å². The van der Waals surface area contributed by atoms with Crippen molar-refractivity contribution in [2.24, 2.45) is 0 Å². The lowest BCUT2D eigenvalue weighted by molar-refractivity contribution is 0.0382. The van der Waals surface area contributed by atoms with Gasteiger partial charge in [-0.15, -0.1) is 0 Å². The van der Waals surface area contributed by atoms with Gasteiger partial charge in [-0.3, -0.25) is 9.78 Å². The van der Waals surface area contributed by atoms with Gasteiger partial charge in [-0.1, -0.05) is 41.4 Å². The Morgan fingerprint density at radius 3 is 2.62 bits per heavy atom. The van der Waals surface area contributed by atoms with E-state index in [1.54, 1.807) is 29.3 Å². The predicted octanol–water partition coefficient (Wildman–Crippen LogP) is 6.74. The summed E-state index contributed by atoms with van der Waals surface area (Å²) in [6.07, 6.45) is 4.40. The molecule has 1 aliphatic rings. The zero-order valence-corrected chi connectivity index (χ0v) is 19.2. The molecule has 168 valence electrons. The third-order valence-corrected chi connectivity index (χ3v) is 6.72. The summed E-state index contributed by atoms with van der Waals surface area (Å²) in [7, 11) is 0. The van der Waals surface area contributed by atoms with E-state index in [0.29, 0.717) is 54.6 Å². The largest absolute Gasteiger partial charge is 0.491 e. The number of piperidine rings is 1. The number of likely N-dealkylation sites (tertiary alicyclic amines) is 1. The maximum absolute atomic E-state index is 15.3. The SMILES string of the molecule is O=C(c1ccc(Cl)c(Cl)c1)N1CCC(F)(CCCCOc2cccc3cccnc23)CC1. The molecule has 0 saturated carbocycles. The highest BCUT2D eigenvalue weighted by molar-refractivity contribution is 6.42. The van der Waals surface area contributed by atoms with Crippen LogP contribution in [-0.2, 0) is 0 Å². The van der Waals surface area contributed by atoms with Gasteiger partial charge in [0.05, 0.1) is 16.7 Å². The molecule has 0 atom stereocenters. The quantitative estimate of drug-likeness (QED) is 0.356.